The number of rotatable bonds is 2. The van der Waals surface area contributed by atoms with Crippen molar-refractivity contribution in [3.05, 3.63) is 0 Å². The molecule has 1 N–H and O–H groups in total. The highest BCUT2D eigenvalue weighted by molar-refractivity contribution is 4.81. The maximum Gasteiger partial charge on any atom is 0.0620 e. The fourth-order valence-electron chi connectivity index (χ4n) is 2.58. The van der Waals surface area contributed by atoms with E-state index in [4.69, 9.17) is 4.74 Å². The minimum atomic E-state index is 0.648. The Hall–Kier alpha value is -0.0800. The van der Waals surface area contributed by atoms with E-state index in [1.165, 1.54) is 32.1 Å². The first-order valence-corrected chi connectivity index (χ1v) is 5.68. The van der Waals surface area contributed by atoms with Crippen molar-refractivity contribution in [2.45, 2.75) is 51.1 Å². The summed E-state index contributed by atoms with van der Waals surface area (Å²) in [6.45, 7) is 4.27. The summed E-state index contributed by atoms with van der Waals surface area (Å²) in [7, 11) is 0. The molecule has 0 aromatic rings. The SMILES string of the molecule is C[C@H]1CCC[C@@H](N[C@@H]2CCOC2)C1. The summed E-state index contributed by atoms with van der Waals surface area (Å²) in [5.41, 5.74) is 0. The molecule has 1 aliphatic carbocycles. The average molecular weight is 183 g/mol. The Morgan fingerprint density at radius 2 is 2.08 bits per heavy atom. The van der Waals surface area contributed by atoms with Gasteiger partial charge in [0.05, 0.1) is 6.61 Å². The second kappa shape index (κ2) is 4.43. The van der Waals surface area contributed by atoms with E-state index in [1.54, 1.807) is 0 Å². The average Bonchev–Trinajstić information content (AvgIpc) is 2.57. The summed E-state index contributed by atoms with van der Waals surface area (Å²) in [5, 5.41) is 3.72. The molecule has 0 bridgehead atoms. The molecule has 2 fully saturated rings. The van der Waals surface area contributed by atoms with Crippen LogP contribution in [0.15, 0.2) is 0 Å². The van der Waals surface area contributed by atoms with Gasteiger partial charge in [0.25, 0.3) is 0 Å². The van der Waals surface area contributed by atoms with Crippen molar-refractivity contribution in [1.82, 2.24) is 5.32 Å². The lowest BCUT2D eigenvalue weighted by Crippen LogP contribution is -2.41. The van der Waals surface area contributed by atoms with Gasteiger partial charge in [-0.3, -0.25) is 0 Å². The van der Waals surface area contributed by atoms with Crippen molar-refractivity contribution in [3.8, 4) is 0 Å². The molecule has 0 aromatic heterocycles. The first kappa shape index (κ1) is 9.47. The quantitative estimate of drug-likeness (QED) is 0.706. The zero-order valence-electron chi connectivity index (χ0n) is 8.59. The molecular formula is C11H21NO. The number of hydrogen-bond acceptors (Lipinski definition) is 2. The lowest BCUT2D eigenvalue weighted by molar-refractivity contribution is 0.183. The van der Waals surface area contributed by atoms with Crippen LogP contribution in [0.5, 0.6) is 0 Å². The van der Waals surface area contributed by atoms with E-state index < -0.39 is 0 Å². The van der Waals surface area contributed by atoms with Crippen LogP contribution in [-0.2, 0) is 4.74 Å². The van der Waals surface area contributed by atoms with Crippen LogP contribution in [0.25, 0.3) is 0 Å². The number of nitrogens with one attached hydrogen (secondary N) is 1. The highest BCUT2D eigenvalue weighted by atomic mass is 16.5. The third-order valence-electron chi connectivity index (χ3n) is 3.34. The van der Waals surface area contributed by atoms with Gasteiger partial charge >= 0.3 is 0 Å². The highest BCUT2D eigenvalue weighted by Crippen LogP contribution is 2.24. The van der Waals surface area contributed by atoms with Gasteiger partial charge in [0.2, 0.25) is 0 Å². The molecule has 1 saturated heterocycles. The van der Waals surface area contributed by atoms with Crippen LogP contribution in [0.3, 0.4) is 0 Å². The number of ether oxygens (including phenoxy) is 1. The molecule has 3 atom stereocenters. The molecule has 2 aliphatic rings. The highest BCUT2D eigenvalue weighted by Gasteiger charge is 2.23. The van der Waals surface area contributed by atoms with Crippen LogP contribution in [0.4, 0.5) is 0 Å². The van der Waals surface area contributed by atoms with Gasteiger partial charge in [-0.15, -0.1) is 0 Å². The molecule has 1 aliphatic heterocycles. The Morgan fingerprint density at radius 1 is 1.15 bits per heavy atom. The number of hydrogen-bond donors (Lipinski definition) is 1. The second-order valence-corrected chi connectivity index (χ2v) is 4.70. The van der Waals surface area contributed by atoms with Gasteiger partial charge in [0.1, 0.15) is 0 Å². The van der Waals surface area contributed by atoms with Gasteiger partial charge in [-0.2, -0.15) is 0 Å². The molecule has 0 spiro atoms. The molecule has 13 heavy (non-hydrogen) atoms. The molecule has 0 unspecified atom stereocenters. The minimum absolute atomic E-state index is 0.648. The molecule has 1 saturated carbocycles. The molecular weight excluding hydrogens is 162 g/mol. The zero-order valence-corrected chi connectivity index (χ0v) is 8.59. The summed E-state index contributed by atoms with van der Waals surface area (Å²) in [6.07, 6.45) is 6.80. The smallest absolute Gasteiger partial charge is 0.0620 e. The van der Waals surface area contributed by atoms with Gasteiger partial charge in [-0.1, -0.05) is 19.8 Å². The maximum absolute atomic E-state index is 5.36. The van der Waals surface area contributed by atoms with Gasteiger partial charge in [0.15, 0.2) is 0 Å². The van der Waals surface area contributed by atoms with E-state index in [1.807, 2.05) is 0 Å². The molecule has 2 rings (SSSR count). The van der Waals surface area contributed by atoms with Crippen molar-refractivity contribution in [1.29, 1.82) is 0 Å². The van der Waals surface area contributed by atoms with Crippen molar-refractivity contribution in [2.75, 3.05) is 13.2 Å². The van der Waals surface area contributed by atoms with Crippen molar-refractivity contribution in [3.63, 3.8) is 0 Å². The monoisotopic (exact) mass is 183 g/mol. The van der Waals surface area contributed by atoms with E-state index in [9.17, 15) is 0 Å². The van der Waals surface area contributed by atoms with E-state index in [2.05, 4.69) is 12.2 Å². The predicted octanol–water partition coefficient (Wildman–Crippen LogP) is 1.94. The lowest BCUT2D eigenvalue weighted by atomic mass is 9.87. The van der Waals surface area contributed by atoms with Gasteiger partial charge < -0.3 is 10.1 Å². The van der Waals surface area contributed by atoms with Gasteiger partial charge in [-0.25, -0.2) is 0 Å². The van der Waals surface area contributed by atoms with E-state index in [-0.39, 0.29) is 0 Å². The Morgan fingerprint density at radius 3 is 2.77 bits per heavy atom. The molecule has 2 nitrogen and oxygen atoms in total. The minimum Gasteiger partial charge on any atom is -0.380 e. The molecule has 0 aromatic carbocycles. The molecule has 0 amide bonds. The van der Waals surface area contributed by atoms with Crippen LogP contribution in [0.1, 0.15) is 39.0 Å². The third-order valence-corrected chi connectivity index (χ3v) is 3.34. The van der Waals surface area contributed by atoms with Gasteiger partial charge in [0, 0.05) is 18.7 Å². The van der Waals surface area contributed by atoms with E-state index >= 15 is 0 Å². The second-order valence-electron chi connectivity index (χ2n) is 4.70. The lowest BCUT2D eigenvalue weighted by Gasteiger charge is -2.29. The predicted molar refractivity (Wildman–Crippen MR) is 53.8 cm³/mol. The van der Waals surface area contributed by atoms with Crippen molar-refractivity contribution < 1.29 is 4.74 Å². The first-order valence-electron chi connectivity index (χ1n) is 5.68. The molecule has 1 heterocycles. The van der Waals surface area contributed by atoms with Crippen LogP contribution in [0, 0.1) is 5.92 Å². The topological polar surface area (TPSA) is 21.3 Å². The largest absolute Gasteiger partial charge is 0.380 e. The fraction of sp³-hybridized carbons (Fsp3) is 1.00. The Balaban J connectivity index is 1.73. The summed E-state index contributed by atoms with van der Waals surface area (Å²) < 4.78 is 5.36. The zero-order chi connectivity index (χ0) is 9.10. The fourth-order valence-corrected chi connectivity index (χ4v) is 2.58. The molecule has 76 valence electrons. The van der Waals surface area contributed by atoms with Crippen LogP contribution in [-0.4, -0.2) is 25.3 Å². The Bertz CT molecular complexity index is 154. The van der Waals surface area contributed by atoms with Crippen LogP contribution >= 0.6 is 0 Å². The Labute approximate surface area is 81.0 Å². The maximum atomic E-state index is 5.36. The van der Waals surface area contributed by atoms with Crippen LogP contribution < -0.4 is 5.32 Å². The van der Waals surface area contributed by atoms with Gasteiger partial charge in [-0.05, 0) is 25.2 Å². The van der Waals surface area contributed by atoms with Crippen molar-refractivity contribution in [2.24, 2.45) is 5.92 Å². The molecule has 2 heteroatoms. The van der Waals surface area contributed by atoms with E-state index in [0.717, 1.165) is 25.2 Å². The summed E-state index contributed by atoms with van der Waals surface area (Å²) in [4.78, 5) is 0. The normalized spacial score (nSPS) is 40.8. The standard InChI is InChI=1S/C11H21NO/c1-9-3-2-4-10(7-9)12-11-5-6-13-8-11/h9-12H,2-8H2,1H3/t9-,10+,11+/m0/s1. The first-order chi connectivity index (χ1) is 6.34. The molecule has 0 radical (unpaired) electrons. The third kappa shape index (κ3) is 2.68. The summed E-state index contributed by atoms with van der Waals surface area (Å²) in [5.74, 6) is 0.925. The van der Waals surface area contributed by atoms with Crippen LogP contribution in [0.2, 0.25) is 0 Å². The Kier molecular flexibility index (Phi) is 3.23. The van der Waals surface area contributed by atoms with E-state index in [0.29, 0.717) is 6.04 Å². The summed E-state index contributed by atoms with van der Waals surface area (Å²) >= 11 is 0. The summed E-state index contributed by atoms with van der Waals surface area (Å²) in [6, 6.07) is 1.42. The van der Waals surface area contributed by atoms with Crippen molar-refractivity contribution >= 4 is 0 Å².